The minimum atomic E-state index is 0.743. The van der Waals surface area contributed by atoms with Crippen molar-refractivity contribution < 1.29 is 0 Å². The molecule has 0 aromatic carbocycles. The van der Waals surface area contributed by atoms with Crippen LogP contribution >= 0.6 is 0 Å². The Morgan fingerprint density at radius 2 is 2.33 bits per heavy atom. The average Bonchev–Trinajstić information content (AvgIpc) is 2.30. The van der Waals surface area contributed by atoms with Crippen molar-refractivity contribution in [3.63, 3.8) is 0 Å². The highest BCUT2D eigenvalue weighted by molar-refractivity contribution is 5.66. The number of nitrogens with zero attached hydrogens (tertiary/aromatic N) is 1. The van der Waals surface area contributed by atoms with E-state index in [0.717, 1.165) is 18.4 Å². The molecule has 2 atom stereocenters. The first-order valence-electron chi connectivity index (χ1n) is 5.73. The van der Waals surface area contributed by atoms with Gasteiger partial charge in [-0.2, -0.15) is 0 Å². The number of fused-ring (bicyclic) bond motifs is 2. The van der Waals surface area contributed by atoms with Crippen molar-refractivity contribution in [1.29, 1.82) is 0 Å². The molecule has 1 aliphatic carbocycles. The summed E-state index contributed by atoms with van der Waals surface area (Å²) in [6, 6.07) is 4.20. The van der Waals surface area contributed by atoms with Gasteiger partial charge in [0.2, 0.25) is 0 Å². The van der Waals surface area contributed by atoms with Gasteiger partial charge in [0.25, 0.3) is 0 Å². The molecule has 0 spiro atoms. The Balaban J connectivity index is 1.91. The van der Waals surface area contributed by atoms with Crippen LogP contribution in [-0.2, 0) is 0 Å². The van der Waals surface area contributed by atoms with E-state index in [9.17, 15) is 0 Å². The Kier molecular flexibility index (Phi) is 2.29. The van der Waals surface area contributed by atoms with Crippen molar-refractivity contribution in [1.82, 2.24) is 10.3 Å². The topological polar surface area (TPSA) is 24.9 Å². The predicted molar refractivity (Wildman–Crippen MR) is 61.3 cm³/mol. The van der Waals surface area contributed by atoms with Crippen LogP contribution < -0.4 is 5.32 Å². The van der Waals surface area contributed by atoms with Crippen molar-refractivity contribution in [2.24, 2.45) is 11.8 Å². The summed E-state index contributed by atoms with van der Waals surface area (Å²) in [6.45, 7) is 2.34. The van der Waals surface area contributed by atoms with E-state index in [1.54, 1.807) is 0 Å². The molecule has 2 heteroatoms. The van der Waals surface area contributed by atoms with Crippen LogP contribution in [0.5, 0.6) is 0 Å². The molecule has 1 aliphatic heterocycles. The molecule has 1 aromatic heterocycles. The number of nitrogens with one attached hydrogen (secondary N) is 1. The molecule has 0 amide bonds. The predicted octanol–water partition coefficient (Wildman–Crippen LogP) is 2.09. The third-order valence-corrected chi connectivity index (χ3v) is 3.45. The van der Waals surface area contributed by atoms with Crippen molar-refractivity contribution in [2.75, 3.05) is 13.1 Å². The van der Waals surface area contributed by atoms with E-state index < -0.39 is 0 Å². The second-order valence-electron chi connectivity index (χ2n) is 4.66. The van der Waals surface area contributed by atoms with Crippen molar-refractivity contribution in [3.8, 4) is 0 Å². The van der Waals surface area contributed by atoms with Crippen LogP contribution in [0.15, 0.2) is 30.6 Å². The van der Waals surface area contributed by atoms with E-state index in [4.69, 9.17) is 0 Å². The zero-order valence-electron chi connectivity index (χ0n) is 8.82. The quantitative estimate of drug-likeness (QED) is 0.751. The largest absolute Gasteiger partial charge is 0.316 e. The molecule has 1 N–H and O–H groups in total. The molecule has 2 bridgehead atoms. The van der Waals surface area contributed by atoms with E-state index in [0.29, 0.717) is 0 Å². The average molecular weight is 200 g/mol. The van der Waals surface area contributed by atoms with Gasteiger partial charge in [0.15, 0.2) is 0 Å². The lowest BCUT2D eigenvalue weighted by molar-refractivity contribution is 0.317. The minimum Gasteiger partial charge on any atom is -0.316 e. The third-order valence-electron chi connectivity index (χ3n) is 3.45. The van der Waals surface area contributed by atoms with Gasteiger partial charge < -0.3 is 5.32 Å². The summed E-state index contributed by atoms with van der Waals surface area (Å²) in [5.41, 5.74) is 2.82. The molecule has 1 saturated heterocycles. The summed E-state index contributed by atoms with van der Waals surface area (Å²) in [7, 11) is 0. The fraction of sp³-hybridized carbons (Fsp3) is 0.462. The summed E-state index contributed by atoms with van der Waals surface area (Å²) in [5, 5.41) is 3.50. The van der Waals surface area contributed by atoms with Crippen LogP contribution in [0.3, 0.4) is 0 Å². The van der Waals surface area contributed by atoms with E-state index in [1.165, 1.54) is 30.5 Å². The molecular weight excluding hydrogens is 184 g/mol. The van der Waals surface area contributed by atoms with E-state index in [1.807, 2.05) is 18.5 Å². The van der Waals surface area contributed by atoms with Crippen LogP contribution in [0, 0.1) is 11.8 Å². The Labute approximate surface area is 90.4 Å². The fourth-order valence-corrected chi connectivity index (χ4v) is 2.78. The maximum Gasteiger partial charge on any atom is 0.0342 e. The van der Waals surface area contributed by atoms with E-state index >= 15 is 0 Å². The lowest BCUT2D eigenvalue weighted by atomic mass is 9.78. The summed E-state index contributed by atoms with van der Waals surface area (Å²) < 4.78 is 0. The summed E-state index contributed by atoms with van der Waals surface area (Å²) >= 11 is 0. The molecule has 15 heavy (non-hydrogen) atoms. The smallest absolute Gasteiger partial charge is 0.0342 e. The normalized spacial score (nSPS) is 29.7. The van der Waals surface area contributed by atoms with Gasteiger partial charge >= 0.3 is 0 Å². The summed E-state index contributed by atoms with van der Waals surface area (Å²) in [4.78, 5) is 4.20. The Morgan fingerprint density at radius 1 is 1.33 bits per heavy atom. The Bertz CT molecular complexity index is 369. The van der Waals surface area contributed by atoms with Gasteiger partial charge in [0, 0.05) is 18.9 Å². The molecule has 2 heterocycles. The van der Waals surface area contributed by atoms with Gasteiger partial charge in [-0.3, -0.25) is 4.98 Å². The SMILES string of the molecule is C1=C(c2cccnc2)C[C@H]2CNC[C@@H]1C2. The van der Waals surface area contributed by atoms with Gasteiger partial charge in [0.1, 0.15) is 0 Å². The van der Waals surface area contributed by atoms with Crippen molar-refractivity contribution in [3.05, 3.63) is 36.2 Å². The molecule has 0 saturated carbocycles. The van der Waals surface area contributed by atoms with Crippen molar-refractivity contribution >= 4 is 5.57 Å². The molecule has 1 aromatic rings. The van der Waals surface area contributed by atoms with Crippen LogP contribution in [0.2, 0.25) is 0 Å². The number of allylic oxidation sites excluding steroid dienone is 1. The number of aromatic nitrogens is 1. The van der Waals surface area contributed by atoms with Crippen LogP contribution in [0.1, 0.15) is 18.4 Å². The Hall–Kier alpha value is -1.15. The number of pyridine rings is 1. The minimum absolute atomic E-state index is 0.743. The van der Waals surface area contributed by atoms with Crippen LogP contribution in [-0.4, -0.2) is 18.1 Å². The van der Waals surface area contributed by atoms with Gasteiger partial charge in [-0.1, -0.05) is 12.1 Å². The molecule has 78 valence electrons. The molecule has 0 radical (unpaired) electrons. The van der Waals surface area contributed by atoms with Crippen LogP contribution in [0.4, 0.5) is 0 Å². The van der Waals surface area contributed by atoms with Gasteiger partial charge in [-0.05, 0) is 48.4 Å². The first-order chi connectivity index (χ1) is 7.42. The first kappa shape index (κ1) is 9.10. The number of hydrogen-bond donors (Lipinski definition) is 1. The number of hydrogen-bond acceptors (Lipinski definition) is 2. The fourth-order valence-electron chi connectivity index (χ4n) is 2.78. The van der Waals surface area contributed by atoms with Gasteiger partial charge in [-0.25, -0.2) is 0 Å². The highest BCUT2D eigenvalue weighted by Gasteiger charge is 2.26. The van der Waals surface area contributed by atoms with E-state index in [-0.39, 0.29) is 0 Å². The molecule has 1 fully saturated rings. The Morgan fingerprint density at radius 3 is 3.13 bits per heavy atom. The molecule has 0 unspecified atom stereocenters. The molecule has 2 aliphatic rings. The van der Waals surface area contributed by atoms with Gasteiger partial charge in [0.05, 0.1) is 0 Å². The zero-order chi connectivity index (χ0) is 10.1. The maximum atomic E-state index is 4.20. The first-order valence-corrected chi connectivity index (χ1v) is 5.73. The standard InChI is InChI=1S/C13H16N2/c1-2-12(9-14-3-1)13-5-10-4-11(6-13)8-15-7-10/h1-3,5,9-11,15H,4,6-8H2/t10-,11+/m1/s1. The zero-order valence-corrected chi connectivity index (χ0v) is 8.82. The number of piperidine rings is 1. The molecule has 2 nitrogen and oxygen atoms in total. The van der Waals surface area contributed by atoms with E-state index in [2.05, 4.69) is 22.4 Å². The summed E-state index contributed by atoms with van der Waals surface area (Å²) in [6.07, 6.45) is 8.86. The maximum absolute atomic E-state index is 4.20. The lowest BCUT2D eigenvalue weighted by Crippen LogP contribution is -2.37. The van der Waals surface area contributed by atoms with Crippen LogP contribution in [0.25, 0.3) is 5.57 Å². The van der Waals surface area contributed by atoms with Crippen molar-refractivity contribution in [2.45, 2.75) is 12.8 Å². The highest BCUT2D eigenvalue weighted by Crippen LogP contribution is 2.34. The number of rotatable bonds is 1. The van der Waals surface area contributed by atoms with Gasteiger partial charge in [-0.15, -0.1) is 0 Å². The lowest BCUT2D eigenvalue weighted by Gasteiger charge is -2.34. The second kappa shape index (κ2) is 3.78. The third kappa shape index (κ3) is 1.82. The monoisotopic (exact) mass is 200 g/mol. The highest BCUT2D eigenvalue weighted by atomic mass is 14.9. The second-order valence-corrected chi connectivity index (χ2v) is 4.66. The summed E-state index contributed by atoms with van der Waals surface area (Å²) in [5.74, 6) is 1.58. The molecule has 3 rings (SSSR count). The molecular formula is C13H16N2.